The second-order valence-electron chi connectivity index (χ2n) is 2.14. The van der Waals surface area contributed by atoms with Gasteiger partial charge in [-0.25, -0.2) is 4.39 Å². The molecule has 0 aliphatic heterocycles. The summed E-state index contributed by atoms with van der Waals surface area (Å²) in [6.07, 6.45) is -0.844. The maximum Gasteiger partial charge on any atom is 0.110 e. The third-order valence-electron chi connectivity index (χ3n) is 0.904. The highest BCUT2D eigenvalue weighted by atomic mass is 19.1. The smallest absolute Gasteiger partial charge is 0.110 e. The summed E-state index contributed by atoms with van der Waals surface area (Å²) >= 11 is 0. The standard InChI is InChI=1S/C6H11FN2/c1-6(7)5-9(2)4-3-8/h6H,4-5H2,1-2H3. The minimum atomic E-state index is -0.844. The molecule has 0 N–H and O–H groups in total. The average molecular weight is 130 g/mol. The predicted molar refractivity (Wildman–Crippen MR) is 33.7 cm³/mol. The summed E-state index contributed by atoms with van der Waals surface area (Å²) in [5.74, 6) is 0. The predicted octanol–water partition coefficient (Wildman–Crippen LogP) is 0.800. The molecule has 0 saturated carbocycles. The SMILES string of the molecule is CC(F)CN(C)CC#N. The summed E-state index contributed by atoms with van der Waals surface area (Å²) in [6.45, 7) is 2.12. The molecule has 0 saturated heterocycles. The van der Waals surface area contributed by atoms with Crippen LogP contribution in [0.15, 0.2) is 0 Å². The molecule has 0 aliphatic carbocycles. The van der Waals surface area contributed by atoms with Crippen molar-refractivity contribution >= 4 is 0 Å². The van der Waals surface area contributed by atoms with Gasteiger partial charge in [0, 0.05) is 6.54 Å². The molecule has 9 heavy (non-hydrogen) atoms. The van der Waals surface area contributed by atoms with E-state index in [9.17, 15) is 4.39 Å². The summed E-state index contributed by atoms with van der Waals surface area (Å²) in [6, 6.07) is 1.93. The van der Waals surface area contributed by atoms with Crippen LogP contribution in [0.3, 0.4) is 0 Å². The number of alkyl halides is 1. The van der Waals surface area contributed by atoms with Gasteiger partial charge in [-0.3, -0.25) is 4.90 Å². The van der Waals surface area contributed by atoms with E-state index in [1.54, 1.807) is 11.9 Å². The number of halogens is 1. The van der Waals surface area contributed by atoms with Gasteiger partial charge in [-0.05, 0) is 14.0 Å². The van der Waals surface area contributed by atoms with Crippen molar-refractivity contribution in [1.29, 1.82) is 5.26 Å². The zero-order valence-electron chi connectivity index (χ0n) is 5.76. The van der Waals surface area contributed by atoms with Crippen molar-refractivity contribution < 1.29 is 4.39 Å². The molecule has 0 aliphatic rings. The molecule has 0 aromatic heterocycles. The van der Waals surface area contributed by atoms with E-state index in [-0.39, 0.29) is 0 Å². The largest absolute Gasteiger partial charge is 0.291 e. The molecule has 0 aromatic carbocycles. The van der Waals surface area contributed by atoms with Crippen LogP contribution in [-0.2, 0) is 0 Å². The van der Waals surface area contributed by atoms with E-state index in [1.165, 1.54) is 6.92 Å². The fourth-order valence-corrected chi connectivity index (χ4v) is 0.615. The lowest BCUT2D eigenvalue weighted by atomic mass is 10.4. The molecule has 1 atom stereocenters. The highest BCUT2D eigenvalue weighted by Crippen LogP contribution is 1.90. The molecule has 0 amide bonds. The molecule has 0 fully saturated rings. The van der Waals surface area contributed by atoms with Crippen molar-refractivity contribution in [3.8, 4) is 6.07 Å². The van der Waals surface area contributed by atoms with Gasteiger partial charge in [0.2, 0.25) is 0 Å². The van der Waals surface area contributed by atoms with E-state index in [4.69, 9.17) is 5.26 Å². The molecular formula is C6H11FN2. The van der Waals surface area contributed by atoms with E-state index < -0.39 is 6.17 Å². The first kappa shape index (κ1) is 8.38. The Morgan fingerprint density at radius 1 is 1.78 bits per heavy atom. The van der Waals surface area contributed by atoms with Crippen LogP contribution < -0.4 is 0 Å². The topological polar surface area (TPSA) is 27.0 Å². The number of rotatable bonds is 3. The molecule has 3 heteroatoms. The van der Waals surface area contributed by atoms with Gasteiger partial charge >= 0.3 is 0 Å². The number of hydrogen-bond acceptors (Lipinski definition) is 2. The molecular weight excluding hydrogens is 119 g/mol. The molecule has 0 bridgehead atoms. The second kappa shape index (κ2) is 4.28. The van der Waals surface area contributed by atoms with E-state index in [0.717, 1.165) is 0 Å². The van der Waals surface area contributed by atoms with Crippen LogP contribution in [0, 0.1) is 11.3 Å². The van der Waals surface area contributed by atoms with E-state index >= 15 is 0 Å². The second-order valence-corrected chi connectivity index (χ2v) is 2.14. The fourth-order valence-electron chi connectivity index (χ4n) is 0.615. The molecule has 0 rings (SSSR count). The lowest BCUT2D eigenvalue weighted by Crippen LogP contribution is -2.25. The summed E-state index contributed by atoms with van der Waals surface area (Å²) in [5.41, 5.74) is 0. The van der Waals surface area contributed by atoms with Crippen LogP contribution in [0.1, 0.15) is 6.92 Å². The minimum absolute atomic E-state index is 0.300. The normalized spacial score (nSPS) is 13.2. The highest BCUT2D eigenvalue weighted by Gasteiger charge is 2.01. The Bertz CT molecular complexity index is 106. The van der Waals surface area contributed by atoms with Crippen molar-refractivity contribution in [1.82, 2.24) is 4.90 Å². The van der Waals surface area contributed by atoms with Crippen LogP contribution in [0.25, 0.3) is 0 Å². The third-order valence-corrected chi connectivity index (χ3v) is 0.904. The first-order chi connectivity index (χ1) is 4.16. The molecule has 0 spiro atoms. The van der Waals surface area contributed by atoms with Crippen LogP contribution in [0.2, 0.25) is 0 Å². The quantitative estimate of drug-likeness (QED) is 0.528. The minimum Gasteiger partial charge on any atom is -0.291 e. The van der Waals surface area contributed by atoms with E-state index in [0.29, 0.717) is 13.1 Å². The zero-order valence-corrected chi connectivity index (χ0v) is 5.76. The Morgan fingerprint density at radius 2 is 2.33 bits per heavy atom. The lowest BCUT2D eigenvalue weighted by molar-refractivity contribution is 0.251. The Morgan fingerprint density at radius 3 is 2.67 bits per heavy atom. The zero-order chi connectivity index (χ0) is 7.28. The first-order valence-corrected chi connectivity index (χ1v) is 2.86. The summed E-state index contributed by atoms with van der Waals surface area (Å²) in [5, 5.41) is 8.14. The van der Waals surface area contributed by atoms with Crippen molar-refractivity contribution in [2.45, 2.75) is 13.1 Å². The van der Waals surface area contributed by atoms with Crippen LogP contribution in [0.4, 0.5) is 4.39 Å². The van der Waals surface area contributed by atoms with E-state index in [2.05, 4.69) is 0 Å². The van der Waals surface area contributed by atoms with Gasteiger partial charge in [-0.15, -0.1) is 0 Å². The van der Waals surface area contributed by atoms with Crippen LogP contribution >= 0.6 is 0 Å². The Balaban J connectivity index is 3.29. The van der Waals surface area contributed by atoms with Gasteiger partial charge in [-0.2, -0.15) is 5.26 Å². The molecule has 52 valence electrons. The van der Waals surface area contributed by atoms with E-state index in [1.807, 2.05) is 6.07 Å². The maximum atomic E-state index is 12.1. The van der Waals surface area contributed by atoms with Gasteiger partial charge in [0.25, 0.3) is 0 Å². The Labute approximate surface area is 54.9 Å². The lowest BCUT2D eigenvalue weighted by Gasteiger charge is -2.11. The average Bonchev–Trinajstić information content (AvgIpc) is 1.63. The van der Waals surface area contributed by atoms with Crippen molar-refractivity contribution in [3.63, 3.8) is 0 Å². The van der Waals surface area contributed by atoms with Gasteiger partial charge in [0.15, 0.2) is 0 Å². The highest BCUT2D eigenvalue weighted by molar-refractivity contribution is 4.74. The summed E-state index contributed by atoms with van der Waals surface area (Å²) in [7, 11) is 1.72. The molecule has 0 heterocycles. The molecule has 0 aromatic rings. The first-order valence-electron chi connectivity index (χ1n) is 2.86. The Hall–Kier alpha value is -0.620. The van der Waals surface area contributed by atoms with Crippen molar-refractivity contribution in [2.75, 3.05) is 20.1 Å². The fraction of sp³-hybridized carbons (Fsp3) is 0.833. The number of hydrogen-bond donors (Lipinski definition) is 0. The summed E-state index contributed by atoms with van der Waals surface area (Å²) < 4.78 is 12.1. The number of nitrogens with zero attached hydrogens (tertiary/aromatic N) is 2. The maximum absolute atomic E-state index is 12.1. The third kappa shape index (κ3) is 5.25. The van der Waals surface area contributed by atoms with Gasteiger partial charge in [0.1, 0.15) is 6.17 Å². The summed E-state index contributed by atoms with van der Waals surface area (Å²) in [4.78, 5) is 1.64. The van der Waals surface area contributed by atoms with Gasteiger partial charge < -0.3 is 0 Å². The number of nitriles is 1. The van der Waals surface area contributed by atoms with Crippen molar-refractivity contribution in [2.24, 2.45) is 0 Å². The monoisotopic (exact) mass is 130 g/mol. The van der Waals surface area contributed by atoms with Gasteiger partial charge in [-0.1, -0.05) is 0 Å². The molecule has 0 radical (unpaired) electrons. The Kier molecular flexibility index (Phi) is 3.98. The van der Waals surface area contributed by atoms with Crippen LogP contribution in [0.5, 0.6) is 0 Å². The van der Waals surface area contributed by atoms with Gasteiger partial charge in [0.05, 0.1) is 12.6 Å². The molecule has 1 unspecified atom stereocenters. The molecule has 2 nitrogen and oxygen atoms in total. The van der Waals surface area contributed by atoms with Crippen molar-refractivity contribution in [3.05, 3.63) is 0 Å². The van der Waals surface area contributed by atoms with Crippen LogP contribution in [-0.4, -0.2) is 31.2 Å².